The van der Waals surface area contributed by atoms with Crippen LogP contribution in [0.1, 0.15) is 10.5 Å². The van der Waals surface area contributed by atoms with Crippen molar-refractivity contribution >= 4 is 40.2 Å². The summed E-state index contributed by atoms with van der Waals surface area (Å²) in [6.45, 7) is 2.72. The number of morpholine rings is 1. The molecule has 29 heavy (non-hydrogen) atoms. The molecule has 8 heteroatoms. The van der Waals surface area contributed by atoms with Gasteiger partial charge >= 0.3 is 0 Å². The third kappa shape index (κ3) is 4.37. The lowest BCUT2D eigenvalue weighted by Gasteiger charge is -2.31. The zero-order valence-electron chi connectivity index (χ0n) is 15.9. The molecule has 0 radical (unpaired) electrons. The second kappa shape index (κ2) is 8.82. The summed E-state index contributed by atoms with van der Waals surface area (Å²) in [6, 6.07) is 13.1. The van der Waals surface area contributed by atoms with E-state index in [4.69, 9.17) is 21.1 Å². The Labute approximate surface area is 178 Å². The molecule has 1 saturated heterocycles. The van der Waals surface area contributed by atoms with Crippen LogP contribution in [0.25, 0.3) is 10.6 Å². The minimum absolute atomic E-state index is 0.266. The molecule has 2 heterocycles. The van der Waals surface area contributed by atoms with E-state index in [0.717, 1.165) is 35.1 Å². The van der Waals surface area contributed by atoms with E-state index in [9.17, 15) is 4.79 Å². The van der Waals surface area contributed by atoms with E-state index >= 15 is 0 Å². The van der Waals surface area contributed by atoms with Gasteiger partial charge in [-0.05, 0) is 36.4 Å². The summed E-state index contributed by atoms with van der Waals surface area (Å²) in [6.07, 6.45) is 0. The molecule has 1 aromatic heterocycles. The van der Waals surface area contributed by atoms with Gasteiger partial charge in [-0.1, -0.05) is 17.7 Å². The van der Waals surface area contributed by atoms with Crippen LogP contribution >= 0.6 is 22.9 Å². The number of aromatic nitrogens is 1. The highest BCUT2D eigenvalue weighted by Crippen LogP contribution is 2.35. The van der Waals surface area contributed by atoms with E-state index in [-0.39, 0.29) is 5.91 Å². The number of halogens is 1. The number of nitrogens with zero attached hydrogens (tertiary/aromatic N) is 2. The molecule has 0 bridgehead atoms. The number of hydrogen-bond acceptors (Lipinski definition) is 6. The van der Waals surface area contributed by atoms with Gasteiger partial charge in [0.1, 0.15) is 16.5 Å². The average molecular weight is 430 g/mol. The van der Waals surface area contributed by atoms with Gasteiger partial charge < -0.3 is 19.7 Å². The molecule has 3 aromatic rings. The van der Waals surface area contributed by atoms with Crippen LogP contribution in [0.5, 0.6) is 5.75 Å². The third-order valence-electron chi connectivity index (χ3n) is 4.64. The maximum absolute atomic E-state index is 12.8. The summed E-state index contributed by atoms with van der Waals surface area (Å²) in [7, 11) is 1.63. The Bertz CT molecular complexity index is 1000. The van der Waals surface area contributed by atoms with Crippen molar-refractivity contribution in [2.75, 3.05) is 43.6 Å². The highest BCUT2D eigenvalue weighted by molar-refractivity contribution is 7.13. The lowest BCUT2D eigenvalue weighted by atomic mass is 10.2. The van der Waals surface area contributed by atoms with Gasteiger partial charge in [0.05, 0.1) is 36.7 Å². The summed E-state index contributed by atoms with van der Waals surface area (Å²) >= 11 is 7.87. The first-order valence-corrected chi connectivity index (χ1v) is 10.4. The van der Waals surface area contributed by atoms with Crippen molar-refractivity contribution in [1.82, 2.24) is 4.98 Å². The standard InChI is InChI=1S/C21H20ClN3O3S/c1-27-15-7-5-14(6-8-15)21-24-18(13-29-21)20(26)23-17-4-2-3-16(22)19(17)25-9-11-28-12-10-25/h2-8,13H,9-12H2,1H3,(H,23,26). The monoisotopic (exact) mass is 429 g/mol. The minimum Gasteiger partial charge on any atom is -0.497 e. The van der Waals surface area contributed by atoms with Gasteiger partial charge in [-0.3, -0.25) is 4.79 Å². The normalized spacial score (nSPS) is 13.9. The number of benzene rings is 2. The summed E-state index contributed by atoms with van der Waals surface area (Å²) in [5.41, 5.74) is 2.79. The fourth-order valence-corrected chi connectivity index (χ4v) is 4.26. The lowest BCUT2D eigenvalue weighted by molar-refractivity contribution is 0.102. The zero-order valence-corrected chi connectivity index (χ0v) is 17.4. The van der Waals surface area contributed by atoms with Crippen LogP contribution in [0, 0.1) is 0 Å². The van der Waals surface area contributed by atoms with Gasteiger partial charge in [0, 0.05) is 24.0 Å². The molecule has 0 aliphatic carbocycles. The van der Waals surface area contributed by atoms with E-state index in [0.29, 0.717) is 29.6 Å². The van der Waals surface area contributed by atoms with Crippen LogP contribution in [0.2, 0.25) is 5.02 Å². The van der Waals surface area contributed by atoms with Gasteiger partial charge in [-0.2, -0.15) is 0 Å². The number of amides is 1. The molecule has 0 saturated carbocycles. The third-order valence-corrected chi connectivity index (χ3v) is 5.83. The first-order chi connectivity index (χ1) is 14.2. The van der Waals surface area contributed by atoms with E-state index in [1.807, 2.05) is 42.5 Å². The number of rotatable bonds is 5. The number of carbonyl (C=O) groups is 1. The van der Waals surface area contributed by atoms with Crippen LogP contribution in [0.15, 0.2) is 47.8 Å². The Morgan fingerprint density at radius 2 is 1.97 bits per heavy atom. The van der Waals surface area contributed by atoms with Crippen molar-refractivity contribution in [2.24, 2.45) is 0 Å². The molecule has 1 amide bonds. The number of thiazole rings is 1. The number of carbonyl (C=O) groups excluding carboxylic acids is 1. The van der Waals surface area contributed by atoms with Crippen molar-refractivity contribution in [1.29, 1.82) is 0 Å². The second-order valence-corrected chi connectivity index (χ2v) is 7.72. The summed E-state index contributed by atoms with van der Waals surface area (Å²) in [5.74, 6) is 0.512. The topological polar surface area (TPSA) is 63.7 Å². The number of para-hydroxylation sites is 1. The maximum Gasteiger partial charge on any atom is 0.275 e. The van der Waals surface area contributed by atoms with Crippen LogP contribution < -0.4 is 15.0 Å². The number of hydrogen-bond donors (Lipinski definition) is 1. The van der Waals surface area contributed by atoms with Crippen molar-refractivity contribution < 1.29 is 14.3 Å². The predicted molar refractivity (Wildman–Crippen MR) is 117 cm³/mol. The Balaban J connectivity index is 1.54. The fourth-order valence-electron chi connectivity index (χ4n) is 3.16. The zero-order chi connectivity index (χ0) is 20.2. The Morgan fingerprint density at radius 3 is 2.69 bits per heavy atom. The van der Waals surface area contributed by atoms with Crippen molar-refractivity contribution in [3.8, 4) is 16.3 Å². The number of anilines is 2. The highest BCUT2D eigenvalue weighted by atomic mass is 35.5. The molecular weight excluding hydrogens is 410 g/mol. The highest BCUT2D eigenvalue weighted by Gasteiger charge is 2.20. The summed E-state index contributed by atoms with van der Waals surface area (Å²) in [4.78, 5) is 19.5. The van der Waals surface area contributed by atoms with Gasteiger partial charge in [0.15, 0.2) is 0 Å². The van der Waals surface area contributed by atoms with Crippen molar-refractivity contribution in [3.05, 3.63) is 58.6 Å². The molecule has 2 aromatic carbocycles. The SMILES string of the molecule is COc1ccc(-c2nc(C(=O)Nc3cccc(Cl)c3N3CCOCC3)cs2)cc1. The number of ether oxygens (including phenoxy) is 2. The van der Waals surface area contributed by atoms with Crippen molar-refractivity contribution in [2.45, 2.75) is 0 Å². The average Bonchev–Trinajstić information content (AvgIpc) is 3.25. The Hall–Kier alpha value is -2.61. The first kappa shape index (κ1) is 19.7. The predicted octanol–water partition coefficient (Wildman–Crippen LogP) is 4.56. The molecule has 0 unspecified atom stereocenters. The van der Waals surface area contributed by atoms with E-state index < -0.39 is 0 Å². The Morgan fingerprint density at radius 1 is 1.21 bits per heavy atom. The molecule has 1 aliphatic heterocycles. The molecule has 1 aliphatic rings. The fraction of sp³-hybridized carbons (Fsp3) is 0.238. The first-order valence-electron chi connectivity index (χ1n) is 9.18. The van der Waals surface area contributed by atoms with Crippen LogP contribution in [0.3, 0.4) is 0 Å². The maximum atomic E-state index is 12.8. The summed E-state index contributed by atoms with van der Waals surface area (Å²) in [5, 5.41) is 6.10. The number of methoxy groups -OCH3 is 1. The van der Waals surface area contributed by atoms with Crippen molar-refractivity contribution in [3.63, 3.8) is 0 Å². The molecule has 6 nitrogen and oxygen atoms in total. The van der Waals surface area contributed by atoms with Crippen LogP contribution in [0.4, 0.5) is 11.4 Å². The van der Waals surface area contributed by atoms with E-state index in [1.54, 1.807) is 12.5 Å². The van der Waals surface area contributed by atoms with Gasteiger partial charge in [-0.15, -0.1) is 11.3 Å². The number of nitrogens with one attached hydrogen (secondary N) is 1. The smallest absolute Gasteiger partial charge is 0.275 e. The van der Waals surface area contributed by atoms with Gasteiger partial charge in [0.25, 0.3) is 5.91 Å². The minimum atomic E-state index is -0.266. The molecule has 0 atom stereocenters. The van der Waals surface area contributed by atoms with Gasteiger partial charge in [0.2, 0.25) is 0 Å². The quantitative estimate of drug-likeness (QED) is 0.644. The summed E-state index contributed by atoms with van der Waals surface area (Å²) < 4.78 is 10.6. The Kier molecular flexibility index (Phi) is 5.99. The molecular formula is C21H20ClN3O3S. The van der Waals surface area contributed by atoms with Crippen LogP contribution in [-0.4, -0.2) is 44.3 Å². The largest absolute Gasteiger partial charge is 0.497 e. The second-order valence-electron chi connectivity index (χ2n) is 6.46. The lowest BCUT2D eigenvalue weighted by Crippen LogP contribution is -2.37. The molecule has 4 rings (SSSR count). The van der Waals surface area contributed by atoms with Crippen LogP contribution in [-0.2, 0) is 4.74 Å². The van der Waals surface area contributed by atoms with E-state index in [1.165, 1.54) is 11.3 Å². The molecule has 150 valence electrons. The molecule has 1 N–H and O–H groups in total. The molecule has 0 spiro atoms. The molecule has 1 fully saturated rings. The van der Waals surface area contributed by atoms with Gasteiger partial charge in [-0.25, -0.2) is 4.98 Å². The van der Waals surface area contributed by atoms with E-state index in [2.05, 4.69) is 15.2 Å².